The summed E-state index contributed by atoms with van der Waals surface area (Å²) < 4.78 is 0. The fourth-order valence-electron chi connectivity index (χ4n) is 10.4. The summed E-state index contributed by atoms with van der Waals surface area (Å²) >= 11 is 0. The number of nitrogens with zero attached hydrogens (tertiary/aromatic N) is 1. The van der Waals surface area contributed by atoms with Gasteiger partial charge in [0.25, 0.3) is 0 Å². The van der Waals surface area contributed by atoms with E-state index in [2.05, 4.69) is 38.5 Å². The van der Waals surface area contributed by atoms with Crippen LogP contribution in [0.2, 0.25) is 0 Å². The molecule has 22 heteroatoms. The maximum atomic E-state index is 14.3. The highest BCUT2D eigenvalue weighted by atomic mass is 16.3. The number of aliphatic imine (C=N–C) groups is 1. The van der Waals surface area contributed by atoms with E-state index in [9.17, 15) is 63.0 Å². The number of carbonyl (C=O) groups is 11. The summed E-state index contributed by atoms with van der Waals surface area (Å²) in [7, 11) is 0. The van der Waals surface area contributed by atoms with Gasteiger partial charge in [-0.25, -0.2) is 0 Å². The molecule has 22 nitrogen and oxygen atoms in total. The number of nitrogens with one attached hydrogen (secondary N) is 5. The van der Waals surface area contributed by atoms with Crippen LogP contribution in [-0.4, -0.2) is 136 Å². The molecule has 1 fully saturated rings. The SMILES string of the molecule is CCCCCCCCCCCCCCCC(=O)CCCCC[C@H](N)C(=O)CCC(=O)N[C@H]1CNC(=O)CC[C@@H](C(=O)C[C@H](C(C)=O)[C@@H](C)O)CC(=O)[C@H]([C@@H](C)O)CC(=O)CNC(=O)[C@H](Cc2ccccc2)NC(=O)[C@H](CCCN=C(N)N)NC1=O.[3HH]. The minimum atomic E-state index is -1.59. The largest absolute Gasteiger partial charge is 0.393 e. The van der Waals surface area contributed by atoms with E-state index in [0.29, 0.717) is 44.1 Å². The number of hydrogen-bond acceptors (Lipinski definition) is 15. The Morgan fingerprint density at radius 1 is 0.718 bits per heavy atom. The third-order valence-electron chi connectivity index (χ3n) is 15.7. The number of guanidine groups is 1. The minimum Gasteiger partial charge on any atom is -0.393 e. The number of carbonyl (C=O) groups excluding carboxylic acids is 11. The van der Waals surface area contributed by atoms with Gasteiger partial charge in [-0.3, -0.25) is 57.7 Å². The van der Waals surface area contributed by atoms with Crippen molar-refractivity contribution in [3.8, 4) is 0 Å². The molecule has 0 radical (unpaired) electrons. The quantitative estimate of drug-likeness (QED) is 0.0244. The Morgan fingerprint density at radius 3 is 1.88 bits per heavy atom. The lowest BCUT2D eigenvalue weighted by molar-refractivity contribution is -0.136. The first-order valence-corrected chi connectivity index (χ1v) is 31.3. The molecule has 85 heavy (non-hydrogen) atoms. The van der Waals surface area contributed by atoms with Gasteiger partial charge < -0.3 is 54.0 Å². The molecule has 13 N–H and O–H groups in total. The van der Waals surface area contributed by atoms with Crippen molar-refractivity contribution >= 4 is 70.2 Å². The smallest absolute Gasteiger partial charge is 0.245 e. The van der Waals surface area contributed by atoms with Crippen molar-refractivity contribution in [2.24, 2.45) is 39.9 Å². The second kappa shape index (κ2) is 43.4. The lowest BCUT2D eigenvalue weighted by atomic mass is 9.81. The molecule has 0 aromatic heterocycles. The van der Waals surface area contributed by atoms with Crippen molar-refractivity contribution in [3.63, 3.8) is 0 Å². The van der Waals surface area contributed by atoms with Gasteiger partial charge >= 0.3 is 0 Å². The van der Waals surface area contributed by atoms with Crippen LogP contribution in [0.4, 0.5) is 0 Å². The van der Waals surface area contributed by atoms with Gasteiger partial charge in [0.05, 0.1) is 30.7 Å². The molecule has 1 aromatic rings. The van der Waals surface area contributed by atoms with Crippen LogP contribution in [0, 0.1) is 17.8 Å². The maximum absolute atomic E-state index is 14.3. The molecule has 1 aliphatic heterocycles. The van der Waals surface area contributed by atoms with Gasteiger partial charge in [-0.1, -0.05) is 127 Å². The Bertz CT molecular complexity index is 2300. The summed E-state index contributed by atoms with van der Waals surface area (Å²) in [5, 5.41) is 34.0. The first-order chi connectivity index (χ1) is 40.5. The summed E-state index contributed by atoms with van der Waals surface area (Å²) in [5.41, 5.74) is 17.9. The third-order valence-corrected chi connectivity index (χ3v) is 15.7. The number of aliphatic hydroxyl groups is 2. The van der Waals surface area contributed by atoms with Crippen LogP contribution in [0.15, 0.2) is 35.3 Å². The zero-order chi connectivity index (χ0) is 63.1. The maximum Gasteiger partial charge on any atom is 0.245 e. The highest BCUT2D eigenvalue weighted by molar-refractivity contribution is 5.98. The van der Waals surface area contributed by atoms with Crippen LogP contribution < -0.4 is 43.8 Å². The first kappa shape index (κ1) is 74.8. The number of Topliss-reactive ketones (excluding diaryl/α,β-unsaturated/α-hetero) is 6. The van der Waals surface area contributed by atoms with Gasteiger partial charge in [-0.2, -0.15) is 0 Å². The predicted molar refractivity (Wildman–Crippen MR) is 327 cm³/mol. The van der Waals surface area contributed by atoms with E-state index in [1.165, 1.54) is 85.0 Å². The molecule has 1 aliphatic rings. The third kappa shape index (κ3) is 33.3. The van der Waals surface area contributed by atoms with Crippen LogP contribution in [-0.2, 0) is 59.2 Å². The molecular formula is C63H105N9O13. The van der Waals surface area contributed by atoms with Crippen molar-refractivity contribution in [2.75, 3.05) is 19.6 Å². The first-order valence-electron chi connectivity index (χ1n) is 31.3. The standard InChI is InChI=1S/C63H103N9O13.H2/c1-5-6-7-8-9-10-11-12-13-14-15-16-21-27-47(76)28-22-18-23-29-51(64)55(78)32-34-59(82)70-54-41-68-58(81)33-31-46(56(79)39-49(42(2)73)43(3)74)37-57(80)50(44(4)75)38-48(77)40-69-60(83)53(36-45-25-19-17-20-26-45)72-61(84)52(71-62(54)85)30-24-35-67-63(65)66;/h17,19-20,25-26,42,44,46,49-54,73,75H,5-16,18,21-24,27-41,64H2,1-4H3,(H,68,81)(H,69,83)(H,70,82)(H,71,85)(H,72,84)(H4,65,66,67);1H/t42-,44-,46-,49+,50+,51+,52+,53+,54+;/m1./s1/i;1+2. The van der Waals surface area contributed by atoms with Crippen molar-refractivity contribution in [1.29, 1.82) is 0 Å². The molecule has 2 rings (SSSR count). The summed E-state index contributed by atoms with van der Waals surface area (Å²) in [6.07, 6.45) is 13.7. The second-order valence-corrected chi connectivity index (χ2v) is 23.2. The van der Waals surface area contributed by atoms with Crippen molar-refractivity contribution in [2.45, 2.75) is 250 Å². The molecule has 0 bridgehead atoms. The number of hydrogen-bond donors (Lipinski definition) is 10. The lowest BCUT2D eigenvalue weighted by Gasteiger charge is -2.26. The number of unbranched alkanes of at least 4 members (excludes halogenated alkanes) is 14. The number of benzene rings is 1. The fraction of sp³-hybridized carbons (Fsp3) is 0.714. The van der Waals surface area contributed by atoms with Gasteiger partial charge in [0.2, 0.25) is 29.5 Å². The van der Waals surface area contributed by atoms with Crippen molar-refractivity contribution < 1.29 is 64.4 Å². The number of rotatable bonds is 37. The van der Waals surface area contributed by atoms with Crippen LogP contribution >= 0.6 is 0 Å². The van der Waals surface area contributed by atoms with E-state index in [1.807, 2.05) is 0 Å². The topological polar surface area (TPSA) is 379 Å². The normalized spacial score (nSPS) is 20.2. The number of aliphatic hydroxyl groups excluding tert-OH is 2. The molecule has 0 aliphatic carbocycles. The van der Waals surface area contributed by atoms with E-state index in [1.54, 1.807) is 30.3 Å². The van der Waals surface area contributed by atoms with Crippen molar-refractivity contribution in [1.82, 2.24) is 26.6 Å². The zero-order valence-electron chi connectivity index (χ0n) is 51.3. The van der Waals surface area contributed by atoms with Gasteiger partial charge in [-0.05, 0) is 64.9 Å². The van der Waals surface area contributed by atoms with E-state index >= 15 is 0 Å². The summed E-state index contributed by atoms with van der Waals surface area (Å²) in [6, 6.07) is 3.35. The Hall–Kier alpha value is -6.26. The number of amides is 5. The summed E-state index contributed by atoms with van der Waals surface area (Å²) in [5.74, 6) is -10.8. The molecular weight excluding hydrogens is 1090 g/mol. The monoisotopic (exact) mass is 1200 g/mol. The average Bonchev–Trinajstić information content (AvgIpc) is 3.63. The molecule has 9 atom stereocenters. The van der Waals surface area contributed by atoms with E-state index in [4.69, 9.17) is 17.2 Å². The molecule has 5 amide bonds. The molecule has 0 saturated carbocycles. The highest BCUT2D eigenvalue weighted by Crippen LogP contribution is 2.25. The molecule has 1 heterocycles. The van der Waals surface area contributed by atoms with Gasteiger partial charge in [-0.15, -0.1) is 0 Å². The Morgan fingerprint density at radius 2 is 1.31 bits per heavy atom. The van der Waals surface area contributed by atoms with Gasteiger partial charge in [0.15, 0.2) is 11.7 Å². The molecule has 0 unspecified atom stereocenters. The highest BCUT2D eigenvalue weighted by Gasteiger charge is 2.35. The Kier molecular flexibility index (Phi) is 38.2. The molecule has 0 spiro atoms. The van der Waals surface area contributed by atoms with Crippen LogP contribution in [0.25, 0.3) is 0 Å². The molecule has 480 valence electrons. The average molecular weight is 1200 g/mol. The molecule has 1 aromatic carbocycles. The Balaban J connectivity index is 0.0000370. The van der Waals surface area contributed by atoms with Crippen LogP contribution in [0.3, 0.4) is 0 Å². The predicted octanol–water partition coefficient (Wildman–Crippen LogP) is 4.76. The van der Waals surface area contributed by atoms with E-state index in [0.717, 1.165) is 19.3 Å². The van der Waals surface area contributed by atoms with Gasteiger partial charge in [0, 0.05) is 84.1 Å². The number of ketones is 6. The zero-order valence-corrected chi connectivity index (χ0v) is 51.3. The summed E-state index contributed by atoms with van der Waals surface area (Å²) in [6.45, 7) is 4.87. The van der Waals surface area contributed by atoms with E-state index < -0.39 is 158 Å². The second-order valence-electron chi connectivity index (χ2n) is 23.2. The lowest BCUT2D eigenvalue weighted by Crippen LogP contribution is -2.59. The van der Waals surface area contributed by atoms with Gasteiger partial charge in [0.1, 0.15) is 47.0 Å². The van der Waals surface area contributed by atoms with Crippen molar-refractivity contribution in [3.05, 3.63) is 35.9 Å². The Labute approximate surface area is 505 Å². The van der Waals surface area contributed by atoms with Crippen LogP contribution in [0.5, 0.6) is 0 Å². The number of nitrogens with two attached hydrogens (primary N) is 3. The fourth-order valence-corrected chi connectivity index (χ4v) is 10.4. The van der Waals surface area contributed by atoms with Crippen LogP contribution in [0.1, 0.15) is 214 Å². The molecule has 1 saturated heterocycles. The van der Waals surface area contributed by atoms with E-state index in [-0.39, 0.29) is 51.8 Å². The summed E-state index contributed by atoms with van der Waals surface area (Å²) in [4.78, 5) is 153. The minimum absolute atomic E-state index is 0.